The van der Waals surface area contributed by atoms with Gasteiger partial charge in [0.1, 0.15) is 0 Å². The number of carbonyl (C=O) groups is 1. The fraction of sp³-hybridized carbons (Fsp3) is 0.0526. The van der Waals surface area contributed by atoms with Gasteiger partial charge in [0.15, 0.2) is 0 Å². The predicted molar refractivity (Wildman–Crippen MR) is 96.3 cm³/mol. The molecule has 0 fully saturated rings. The number of amides is 2. The molecular formula is C19H17N3O2. The Labute approximate surface area is 139 Å². The maximum absolute atomic E-state index is 12.1. The molecule has 0 radical (unpaired) electrons. The van der Waals surface area contributed by atoms with Crippen LogP contribution in [0.2, 0.25) is 0 Å². The minimum absolute atomic E-state index is 0.143. The lowest BCUT2D eigenvalue weighted by Gasteiger charge is -2.10. The highest BCUT2D eigenvalue weighted by molar-refractivity contribution is 6.00. The Balaban J connectivity index is 1.70. The maximum Gasteiger partial charge on any atom is 0.323 e. The highest BCUT2D eigenvalue weighted by Gasteiger charge is 2.06. The molecule has 0 aliphatic heterocycles. The van der Waals surface area contributed by atoms with Crippen LogP contribution < -0.4 is 16.2 Å². The first-order chi connectivity index (χ1) is 11.6. The summed E-state index contributed by atoms with van der Waals surface area (Å²) in [5, 5.41) is 5.58. The first-order valence-electron chi connectivity index (χ1n) is 7.55. The molecule has 5 nitrogen and oxygen atoms in total. The van der Waals surface area contributed by atoms with E-state index in [4.69, 9.17) is 0 Å². The first kappa shape index (κ1) is 15.6. The number of benzene rings is 2. The number of pyridine rings is 1. The normalized spacial score (nSPS) is 10.2. The maximum atomic E-state index is 12.1. The van der Waals surface area contributed by atoms with Crippen LogP contribution in [0, 0.1) is 6.92 Å². The van der Waals surface area contributed by atoms with Crippen molar-refractivity contribution in [2.75, 3.05) is 10.6 Å². The lowest BCUT2D eigenvalue weighted by atomic mass is 10.1. The molecule has 3 N–H and O–H groups in total. The van der Waals surface area contributed by atoms with Crippen LogP contribution in [-0.2, 0) is 0 Å². The molecule has 0 aliphatic carbocycles. The van der Waals surface area contributed by atoms with Gasteiger partial charge in [-0.05, 0) is 48.4 Å². The smallest absolute Gasteiger partial charge is 0.323 e. The lowest BCUT2D eigenvalue weighted by molar-refractivity contribution is 0.262. The van der Waals surface area contributed by atoms with Crippen molar-refractivity contribution in [1.29, 1.82) is 0 Å². The minimum atomic E-state index is -0.311. The molecule has 3 aromatic rings. The van der Waals surface area contributed by atoms with Crippen molar-refractivity contribution in [2.45, 2.75) is 6.92 Å². The van der Waals surface area contributed by atoms with Gasteiger partial charge in [-0.15, -0.1) is 0 Å². The predicted octanol–water partition coefficient (Wildman–Crippen LogP) is 3.99. The summed E-state index contributed by atoms with van der Waals surface area (Å²) in [6, 6.07) is 17.9. The van der Waals surface area contributed by atoms with E-state index >= 15 is 0 Å². The van der Waals surface area contributed by atoms with Crippen molar-refractivity contribution in [1.82, 2.24) is 4.98 Å². The molecule has 2 aromatic carbocycles. The Morgan fingerprint density at radius 1 is 0.917 bits per heavy atom. The van der Waals surface area contributed by atoms with E-state index in [1.807, 2.05) is 31.2 Å². The monoisotopic (exact) mass is 319 g/mol. The van der Waals surface area contributed by atoms with Crippen LogP contribution in [-0.4, -0.2) is 11.0 Å². The molecule has 0 atom stereocenters. The van der Waals surface area contributed by atoms with Crippen LogP contribution in [0.1, 0.15) is 5.56 Å². The van der Waals surface area contributed by atoms with Gasteiger partial charge in [0.05, 0.1) is 0 Å². The van der Waals surface area contributed by atoms with E-state index in [2.05, 4.69) is 15.6 Å². The van der Waals surface area contributed by atoms with E-state index in [-0.39, 0.29) is 11.6 Å². The number of carbonyl (C=O) groups excluding carboxylic acids is 1. The Hall–Kier alpha value is -3.34. The third kappa shape index (κ3) is 3.52. The lowest BCUT2D eigenvalue weighted by Crippen LogP contribution is -2.19. The topological polar surface area (TPSA) is 74.0 Å². The number of aromatic nitrogens is 1. The van der Waals surface area contributed by atoms with Gasteiger partial charge in [0.25, 0.3) is 5.56 Å². The summed E-state index contributed by atoms with van der Waals surface area (Å²) in [7, 11) is 0. The second kappa shape index (κ2) is 6.83. The number of hydrogen-bond acceptors (Lipinski definition) is 2. The molecule has 0 spiro atoms. The summed E-state index contributed by atoms with van der Waals surface area (Å²) in [6.07, 6.45) is 1.59. The highest BCUT2D eigenvalue weighted by Crippen LogP contribution is 2.19. The second-order valence-corrected chi connectivity index (χ2v) is 5.38. The molecule has 120 valence electrons. The van der Waals surface area contributed by atoms with Gasteiger partial charge in [0.2, 0.25) is 0 Å². The third-order valence-electron chi connectivity index (χ3n) is 3.67. The molecule has 5 heteroatoms. The van der Waals surface area contributed by atoms with Crippen LogP contribution in [0.5, 0.6) is 0 Å². The number of aromatic amines is 1. The molecule has 1 aromatic heterocycles. The molecule has 0 aliphatic rings. The molecule has 0 unspecified atom stereocenters. The van der Waals surface area contributed by atoms with E-state index in [1.54, 1.807) is 42.6 Å². The van der Waals surface area contributed by atoms with Gasteiger partial charge in [-0.3, -0.25) is 4.79 Å². The Bertz CT molecular complexity index is 914. The quantitative estimate of drug-likeness (QED) is 0.683. The Morgan fingerprint density at radius 3 is 2.38 bits per heavy atom. The average molecular weight is 319 g/mol. The van der Waals surface area contributed by atoms with Crippen LogP contribution >= 0.6 is 0 Å². The van der Waals surface area contributed by atoms with E-state index in [0.29, 0.717) is 11.3 Å². The number of urea groups is 1. The van der Waals surface area contributed by atoms with Gasteiger partial charge in [-0.1, -0.05) is 30.3 Å². The third-order valence-corrected chi connectivity index (χ3v) is 3.67. The zero-order valence-electron chi connectivity index (χ0n) is 13.2. The van der Waals surface area contributed by atoms with Crippen molar-refractivity contribution < 1.29 is 4.79 Å². The molecule has 1 heterocycles. The number of H-pyrrole nitrogens is 1. The number of nitrogens with one attached hydrogen (secondary N) is 3. The average Bonchev–Trinajstić information content (AvgIpc) is 2.58. The van der Waals surface area contributed by atoms with E-state index in [0.717, 1.165) is 16.8 Å². The summed E-state index contributed by atoms with van der Waals surface area (Å²) >= 11 is 0. The van der Waals surface area contributed by atoms with Crippen molar-refractivity contribution in [2.24, 2.45) is 0 Å². The summed E-state index contributed by atoms with van der Waals surface area (Å²) in [6.45, 7) is 1.93. The van der Waals surface area contributed by atoms with E-state index in [9.17, 15) is 9.59 Å². The van der Waals surface area contributed by atoms with Crippen LogP contribution in [0.15, 0.2) is 71.7 Å². The molecule has 24 heavy (non-hydrogen) atoms. The van der Waals surface area contributed by atoms with Gasteiger partial charge in [-0.25, -0.2) is 4.79 Å². The standard InChI is InChI=1S/C19H17N3O2/c1-13-5-2-3-7-17(13)22-19(24)21-15-10-8-14(9-11-15)16-6-4-12-20-18(16)23/h2-12H,1H3,(H,20,23)(H2,21,22,24). The number of hydrogen-bond donors (Lipinski definition) is 3. The summed E-state index contributed by atoms with van der Waals surface area (Å²) in [5.74, 6) is 0. The summed E-state index contributed by atoms with van der Waals surface area (Å²) in [5.41, 5.74) is 3.65. The summed E-state index contributed by atoms with van der Waals surface area (Å²) in [4.78, 5) is 26.5. The van der Waals surface area contributed by atoms with Crippen LogP contribution in [0.4, 0.5) is 16.2 Å². The highest BCUT2D eigenvalue weighted by atomic mass is 16.2. The van der Waals surface area contributed by atoms with E-state index in [1.165, 1.54) is 0 Å². The van der Waals surface area contributed by atoms with Gasteiger partial charge in [-0.2, -0.15) is 0 Å². The van der Waals surface area contributed by atoms with Gasteiger partial charge in [0, 0.05) is 23.1 Å². The van der Waals surface area contributed by atoms with Gasteiger partial charge < -0.3 is 15.6 Å². The SMILES string of the molecule is Cc1ccccc1NC(=O)Nc1ccc(-c2ccc[nH]c2=O)cc1. The number of anilines is 2. The zero-order valence-corrected chi connectivity index (χ0v) is 13.2. The molecule has 0 saturated carbocycles. The van der Waals surface area contributed by atoms with Crippen molar-refractivity contribution in [3.8, 4) is 11.1 Å². The number of para-hydroxylation sites is 1. The van der Waals surface area contributed by atoms with Gasteiger partial charge >= 0.3 is 6.03 Å². The number of rotatable bonds is 3. The Morgan fingerprint density at radius 2 is 1.67 bits per heavy atom. The number of aryl methyl sites for hydroxylation is 1. The zero-order chi connectivity index (χ0) is 16.9. The molecule has 0 bridgehead atoms. The van der Waals surface area contributed by atoms with Crippen LogP contribution in [0.3, 0.4) is 0 Å². The van der Waals surface area contributed by atoms with Crippen molar-refractivity contribution in [3.05, 3.63) is 82.8 Å². The molecule has 2 amide bonds. The Kier molecular flexibility index (Phi) is 4.43. The fourth-order valence-corrected chi connectivity index (χ4v) is 2.38. The fourth-order valence-electron chi connectivity index (χ4n) is 2.38. The molecular weight excluding hydrogens is 302 g/mol. The van der Waals surface area contributed by atoms with Crippen molar-refractivity contribution >= 4 is 17.4 Å². The van der Waals surface area contributed by atoms with E-state index < -0.39 is 0 Å². The summed E-state index contributed by atoms with van der Waals surface area (Å²) < 4.78 is 0. The second-order valence-electron chi connectivity index (χ2n) is 5.38. The minimum Gasteiger partial charge on any atom is -0.329 e. The van der Waals surface area contributed by atoms with Crippen LogP contribution in [0.25, 0.3) is 11.1 Å². The largest absolute Gasteiger partial charge is 0.329 e. The molecule has 3 rings (SSSR count). The first-order valence-corrected chi connectivity index (χ1v) is 7.55. The molecule has 0 saturated heterocycles. The van der Waals surface area contributed by atoms with Crippen molar-refractivity contribution in [3.63, 3.8) is 0 Å².